The molecule has 6 nitrogen and oxygen atoms in total. The highest BCUT2D eigenvalue weighted by Gasteiger charge is 2.32. The number of para-hydroxylation sites is 1. The number of anilines is 3. The van der Waals surface area contributed by atoms with Crippen LogP contribution in [0.5, 0.6) is 0 Å². The number of aromatic nitrogens is 2. The van der Waals surface area contributed by atoms with Gasteiger partial charge >= 0.3 is 0 Å². The summed E-state index contributed by atoms with van der Waals surface area (Å²) in [6, 6.07) is 10.4. The van der Waals surface area contributed by atoms with Crippen LogP contribution in [0.1, 0.15) is 18.4 Å². The third-order valence-corrected chi connectivity index (χ3v) is 7.24. The van der Waals surface area contributed by atoms with Crippen molar-refractivity contribution in [2.75, 3.05) is 58.9 Å². The third kappa shape index (κ3) is 3.80. The van der Waals surface area contributed by atoms with E-state index >= 15 is 0 Å². The van der Waals surface area contributed by atoms with E-state index in [0.717, 1.165) is 80.8 Å². The number of fused-ring (bicyclic) bond motifs is 1. The molecular formula is C22H27N5OS. The molecule has 0 bridgehead atoms. The fourth-order valence-electron chi connectivity index (χ4n) is 4.62. The van der Waals surface area contributed by atoms with Gasteiger partial charge in [-0.2, -0.15) is 11.8 Å². The fraction of sp³-hybridized carbons (Fsp3) is 0.500. The quantitative estimate of drug-likeness (QED) is 0.777. The molecule has 2 fully saturated rings. The van der Waals surface area contributed by atoms with Crippen molar-refractivity contribution >= 4 is 35.0 Å². The summed E-state index contributed by atoms with van der Waals surface area (Å²) in [5.41, 5.74) is 2.41. The number of carbonyl (C=O) groups is 1. The summed E-state index contributed by atoms with van der Waals surface area (Å²) in [5.74, 6) is 4.74. The van der Waals surface area contributed by atoms with E-state index < -0.39 is 0 Å². The van der Waals surface area contributed by atoms with Gasteiger partial charge in [0.05, 0.1) is 0 Å². The molecule has 0 N–H and O–H groups in total. The van der Waals surface area contributed by atoms with Crippen LogP contribution in [0.4, 0.5) is 17.3 Å². The summed E-state index contributed by atoms with van der Waals surface area (Å²) in [6.45, 7) is 4.67. The summed E-state index contributed by atoms with van der Waals surface area (Å²) in [7, 11) is 0. The van der Waals surface area contributed by atoms with E-state index in [9.17, 15) is 4.79 Å². The molecule has 0 aliphatic carbocycles. The number of carbonyl (C=O) groups excluding carboxylic acids is 1. The first-order chi connectivity index (χ1) is 14.3. The first-order valence-electron chi connectivity index (χ1n) is 10.6. The van der Waals surface area contributed by atoms with Gasteiger partial charge < -0.3 is 14.7 Å². The van der Waals surface area contributed by atoms with Crippen LogP contribution in [0.15, 0.2) is 36.7 Å². The van der Waals surface area contributed by atoms with Gasteiger partial charge in [-0.1, -0.05) is 18.2 Å². The van der Waals surface area contributed by atoms with Crippen molar-refractivity contribution < 1.29 is 4.79 Å². The fourth-order valence-corrected chi connectivity index (χ4v) is 5.52. The summed E-state index contributed by atoms with van der Waals surface area (Å²) >= 11 is 2.00. The molecule has 5 rings (SSSR count). The Hall–Kier alpha value is -2.28. The molecule has 2 aromatic rings. The molecule has 29 heavy (non-hydrogen) atoms. The van der Waals surface area contributed by atoms with E-state index in [2.05, 4.69) is 44.0 Å². The minimum Gasteiger partial charge on any atom is -0.356 e. The first kappa shape index (κ1) is 18.7. The molecule has 2 saturated heterocycles. The zero-order valence-electron chi connectivity index (χ0n) is 16.7. The lowest BCUT2D eigenvalue weighted by Gasteiger charge is -2.34. The van der Waals surface area contributed by atoms with Gasteiger partial charge in [0, 0.05) is 61.9 Å². The Bertz CT molecular complexity index is 877. The minimum absolute atomic E-state index is 0.109. The van der Waals surface area contributed by atoms with Gasteiger partial charge in [-0.3, -0.25) is 4.79 Å². The van der Waals surface area contributed by atoms with Crippen LogP contribution >= 0.6 is 11.8 Å². The molecule has 0 saturated carbocycles. The van der Waals surface area contributed by atoms with Gasteiger partial charge in [-0.15, -0.1) is 0 Å². The molecule has 1 aromatic heterocycles. The van der Waals surface area contributed by atoms with Crippen LogP contribution in [-0.4, -0.2) is 60.1 Å². The van der Waals surface area contributed by atoms with E-state index in [-0.39, 0.29) is 5.92 Å². The van der Waals surface area contributed by atoms with Crippen LogP contribution in [0.25, 0.3) is 0 Å². The van der Waals surface area contributed by atoms with Crippen LogP contribution in [0.3, 0.4) is 0 Å². The molecule has 1 amide bonds. The van der Waals surface area contributed by atoms with Crippen molar-refractivity contribution in [3.63, 3.8) is 0 Å². The maximum atomic E-state index is 13.1. The number of rotatable bonds is 3. The first-order valence-corrected chi connectivity index (χ1v) is 11.7. The van der Waals surface area contributed by atoms with Crippen molar-refractivity contribution in [2.45, 2.75) is 19.3 Å². The highest BCUT2D eigenvalue weighted by atomic mass is 32.2. The highest BCUT2D eigenvalue weighted by molar-refractivity contribution is 7.99. The van der Waals surface area contributed by atoms with Crippen LogP contribution in [0, 0.1) is 5.92 Å². The van der Waals surface area contributed by atoms with Crippen molar-refractivity contribution in [3.05, 3.63) is 42.2 Å². The van der Waals surface area contributed by atoms with Gasteiger partial charge in [0.1, 0.15) is 18.0 Å². The van der Waals surface area contributed by atoms with Gasteiger partial charge in [-0.25, -0.2) is 9.97 Å². The zero-order chi connectivity index (χ0) is 19.6. The lowest BCUT2D eigenvalue weighted by Crippen LogP contribution is -2.42. The summed E-state index contributed by atoms with van der Waals surface area (Å²) in [6.07, 6.45) is 4.43. The second-order valence-electron chi connectivity index (χ2n) is 7.96. The van der Waals surface area contributed by atoms with E-state index in [0.29, 0.717) is 5.91 Å². The lowest BCUT2D eigenvalue weighted by atomic mass is 9.95. The van der Waals surface area contributed by atoms with Crippen molar-refractivity contribution in [1.82, 2.24) is 9.97 Å². The summed E-state index contributed by atoms with van der Waals surface area (Å²) < 4.78 is 0. The standard InChI is InChI=1S/C22H27N5OS/c28-22(27-10-7-17-3-1-2-4-19(17)27)18-5-8-25(9-6-18)20-15-21(24-16-23-20)26-11-13-29-14-12-26/h1-4,15-16,18H,5-14H2. The highest BCUT2D eigenvalue weighted by Crippen LogP contribution is 2.32. The van der Waals surface area contributed by atoms with E-state index in [1.54, 1.807) is 6.33 Å². The molecule has 4 heterocycles. The number of hydrogen-bond acceptors (Lipinski definition) is 6. The number of benzene rings is 1. The van der Waals surface area contributed by atoms with E-state index in [1.807, 2.05) is 22.7 Å². The normalized spacial score (nSPS) is 20.1. The maximum absolute atomic E-state index is 13.1. The number of piperidine rings is 1. The minimum atomic E-state index is 0.109. The number of nitrogens with zero attached hydrogens (tertiary/aromatic N) is 5. The SMILES string of the molecule is O=C(C1CCN(c2cc(N3CCSCC3)ncn2)CC1)N1CCc2ccccc21. The Morgan fingerprint density at radius 3 is 2.38 bits per heavy atom. The third-order valence-electron chi connectivity index (χ3n) is 6.29. The topological polar surface area (TPSA) is 52.6 Å². The largest absolute Gasteiger partial charge is 0.356 e. The van der Waals surface area contributed by atoms with Crippen LogP contribution < -0.4 is 14.7 Å². The average molecular weight is 410 g/mol. The van der Waals surface area contributed by atoms with Crippen LogP contribution in [0.2, 0.25) is 0 Å². The molecule has 152 valence electrons. The van der Waals surface area contributed by atoms with Gasteiger partial charge in [-0.05, 0) is 30.9 Å². The molecule has 0 unspecified atom stereocenters. The van der Waals surface area contributed by atoms with Gasteiger partial charge in [0.15, 0.2) is 0 Å². The Morgan fingerprint density at radius 1 is 0.931 bits per heavy atom. The van der Waals surface area contributed by atoms with E-state index in [1.165, 1.54) is 5.56 Å². The predicted octanol–water partition coefficient (Wildman–Crippen LogP) is 2.84. The monoisotopic (exact) mass is 409 g/mol. The number of amides is 1. The van der Waals surface area contributed by atoms with Gasteiger partial charge in [0.2, 0.25) is 5.91 Å². The Morgan fingerprint density at radius 2 is 1.62 bits per heavy atom. The molecule has 3 aliphatic rings. The maximum Gasteiger partial charge on any atom is 0.230 e. The predicted molar refractivity (Wildman–Crippen MR) is 119 cm³/mol. The second kappa shape index (κ2) is 8.22. The Labute approximate surface area is 176 Å². The second-order valence-corrected chi connectivity index (χ2v) is 9.19. The summed E-state index contributed by atoms with van der Waals surface area (Å²) in [4.78, 5) is 28.8. The van der Waals surface area contributed by atoms with Crippen molar-refractivity contribution in [1.29, 1.82) is 0 Å². The van der Waals surface area contributed by atoms with Crippen molar-refractivity contribution in [2.24, 2.45) is 5.92 Å². The smallest absolute Gasteiger partial charge is 0.230 e. The number of hydrogen-bond donors (Lipinski definition) is 0. The number of thioether (sulfide) groups is 1. The van der Waals surface area contributed by atoms with Gasteiger partial charge in [0.25, 0.3) is 0 Å². The molecule has 1 aromatic carbocycles. The van der Waals surface area contributed by atoms with Crippen LogP contribution in [-0.2, 0) is 11.2 Å². The zero-order valence-corrected chi connectivity index (χ0v) is 17.5. The summed E-state index contributed by atoms with van der Waals surface area (Å²) in [5, 5.41) is 0. The lowest BCUT2D eigenvalue weighted by molar-refractivity contribution is -0.122. The van der Waals surface area contributed by atoms with Crippen molar-refractivity contribution in [3.8, 4) is 0 Å². The average Bonchev–Trinajstić information content (AvgIpc) is 3.24. The Balaban J connectivity index is 1.22. The van der Waals surface area contributed by atoms with E-state index in [4.69, 9.17) is 0 Å². The molecule has 0 radical (unpaired) electrons. The molecule has 0 spiro atoms. The molecule has 0 atom stereocenters. The molecule has 3 aliphatic heterocycles. The molecular weight excluding hydrogens is 382 g/mol. The molecule has 7 heteroatoms. The Kier molecular flexibility index (Phi) is 5.31.